The highest BCUT2D eigenvalue weighted by molar-refractivity contribution is 5.97. The zero-order valence-electron chi connectivity index (χ0n) is 13.4. The first-order valence-electron chi connectivity index (χ1n) is 7.38. The van der Waals surface area contributed by atoms with Gasteiger partial charge in [-0.3, -0.25) is 9.59 Å². The number of benzene rings is 2. The maximum atomic E-state index is 13.2. The lowest BCUT2D eigenvalue weighted by Gasteiger charge is -2.16. The number of carbonyl (C=O) groups is 2. The predicted octanol–water partition coefficient (Wildman–Crippen LogP) is 2.41. The Hall–Kier alpha value is -2.76. The molecule has 2 aromatic rings. The number of hydrogen-bond donors (Lipinski definition) is 2. The van der Waals surface area contributed by atoms with Crippen LogP contribution in [0.3, 0.4) is 0 Å². The van der Waals surface area contributed by atoms with Crippen LogP contribution in [0, 0.1) is 25.5 Å². The maximum absolute atomic E-state index is 13.2. The third kappa shape index (κ3) is 4.38. The second-order valence-electron chi connectivity index (χ2n) is 5.71. The lowest BCUT2D eigenvalue weighted by molar-refractivity contribution is -0.119. The largest absolute Gasteiger partial charge is 0.368 e. The Balaban J connectivity index is 2.17. The van der Waals surface area contributed by atoms with E-state index in [4.69, 9.17) is 5.73 Å². The monoisotopic (exact) mass is 332 g/mol. The van der Waals surface area contributed by atoms with E-state index in [2.05, 4.69) is 5.32 Å². The first kappa shape index (κ1) is 17.6. The predicted molar refractivity (Wildman–Crippen MR) is 86.4 cm³/mol. The van der Waals surface area contributed by atoms with Crippen molar-refractivity contribution in [2.24, 2.45) is 5.73 Å². The van der Waals surface area contributed by atoms with Gasteiger partial charge in [-0.25, -0.2) is 8.78 Å². The van der Waals surface area contributed by atoms with Crippen LogP contribution in [0.5, 0.6) is 0 Å². The molecule has 0 radical (unpaired) electrons. The van der Waals surface area contributed by atoms with Crippen LogP contribution in [0.4, 0.5) is 8.78 Å². The SMILES string of the molecule is Cc1ccc(C[C@H](NC(=O)c2cc(F)cc(F)c2)C(N)=O)cc1C. The molecule has 1 atom stereocenters. The summed E-state index contributed by atoms with van der Waals surface area (Å²) < 4.78 is 26.4. The van der Waals surface area contributed by atoms with Crippen molar-refractivity contribution < 1.29 is 18.4 Å². The molecule has 3 N–H and O–H groups in total. The minimum absolute atomic E-state index is 0.194. The van der Waals surface area contributed by atoms with Gasteiger partial charge >= 0.3 is 0 Å². The molecule has 2 aromatic carbocycles. The van der Waals surface area contributed by atoms with Crippen molar-refractivity contribution >= 4 is 11.8 Å². The molecule has 6 heteroatoms. The van der Waals surface area contributed by atoms with E-state index in [1.807, 2.05) is 32.0 Å². The number of rotatable bonds is 5. The van der Waals surface area contributed by atoms with E-state index in [-0.39, 0.29) is 12.0 Å². The molecule has 4 nitrogen and oxygen atoms in total. The Morgan fingerprint density at radius 3 is 2.21 bits per heavy atom. The third-order valence-electron chi connectivity index (χ3n) is 3.78. The standard InChI is InChI=1S/C18H18F2N2O2/c1-10-3-4-12(5-11(10)2)6-16(17(21)23)22-18(24)13-7-14(19)9-15(20)8-13/h3-5,7-9,16H,6H2,1-2H3,(H2,21,23)(H,22,24)/t16-/m0/s1. The summed E-state index contributed by atoms with van der Waals surface area (Å²) in [6.45, 7) is 3.90. The summed E-state index contributed by atoms with van der Waals surface area (Å²) in [6.07, 6.45) is 0.194. The zero-order chi connectivity index (χ0) is 17.9. The van der Waals surface area contributed by atoms with Gasteiger partial charge in [-0.05, 0) is 42.7 Å². The third-order valence-corrected chi connectivity index (χ3v) is 3.78. The average Bonchev–Trinajstić information content (AvgIpc) is 2.49. The summed E-state index contributed by atoms with van der Waals surface area (Å²) in [5, 5.41) is 2.42. The highest BCUT2D eigenvalue weighted by Gasteiger charge is 2.20. The Bertz CT molecular complexity index is 770. The number of hydrogen-bond acceptors (Lipinski definition) is 2. The van der Waals surface area contributed by atoms with Crippen molar-refractivity contribution in [3.8, 4) is 0 Å². The normalized spacial score (nSPS) is 11.8. The summed E-state index contributed by atoms with van der Waals surface area (Å²) in [4.78, 5) is 23.7. The average molecular weight is 332 g/mol. The molecule has 0 spiro atoms. The molecule has 0 aliphatic carbocycles. The summed E-state index contributed by atoms with van der Waals surface area (Å²) in [5.74, 6) is -3.23. The van der Waals surface area contributed by atoms with Gasteiger partial charge in [0, 0.05) is 18.1 Å². The fraction of sp³-hybridized carbons (Fsp3) is 0.222. The van der Waals surface area contributed by atoms with E-state index in [0.29, 0.717) is 6.07 Å². The van der Waals surface area contributed by atoms with Crippen molar-refractivity contribution in [3.63, 3.8) is 0 Å². The number of nitrogens with two attached hydrogens (primary N) is 1. The second-order valence-corrected chi connectivity index (χ2v) is 5.71. The highest BCUT2D eigenvalue weighted by Crippen LogP contribution is 2.13. The number of carbonyl (C=O) groups excluding carboxylic acids is 2. The fourth-order valence-corrected chi connectivity index (χ4v) is 2.32. The number of primary amides is 1. The summed E-state index contributed by atoms with van der Waals surface area (Å²) >= 11 is 0. The minimum Gasteiger partial charge on any atom is -0.368 e. The number of nitrogens with one attached hydrogen (secondary N) is 1. The molecular formula is C18H18F2N2O2. The van der Waals surface area contributed by atoms with Gasteiger partial charge in [-0.2, -0.15) is 0 Å². The molecule has 0 aliphatic rings. The molecule has 24 heavy (non-hydrogen) atoms. The van der Waals surface area contributed by atoms with E-state index in [9.17, 15) is 18.4 Å². The van der Waals surface area contributed by atoms with E-state index in [1.54, 1.807) is 0 Å². The molecule has 2 rings (SSSR count). The molecule has 126 valence electrons. The van der Waals surface area contributed by atoms with E-state index in [0.717, 1.165) is 28.8 Å². The topological polar surface area (TPSA) is 72.2 Å². The van der Waals surface area contributed by atoms with Gasteiger partial charge in [-0.15, -0.1) is 0 Å². The van der Waals surface area contributed by atoms with Crippen LogP contribution in [0.25, 0.3) is 0 Å². The smallest absolute Gasteiger partial charge is 0.252 e. The lowest BCUT2D eigenvalue weighted by Crippen LogP contribution is -2.45. The van der Waals surface area contributed by atoms with Gasteiger partial charge in [0.15, 0.2) is 0 Å². The van der Waals surface area contributed by atoms with E-state index in [1.165, 1.54) is 0 Å². The van der Waals surface area contributed by atoms with Crippen LogP contribution in [0.15, 0.2) is 36.4 Å². The summed E-state index contributed by atoms with van der Waals surface area (Å²) in [5.41, 5.74) is 8.11. The van der Waals surface area contributed by atoms with Gasteiger partial charge in [-0.1, -0.05) is 18.2 Å². The molecule has 0 bridgehead atoms. The van der Waals surface area contributed by atoms with Gasteiger partial charge in [0.2, 0.25) is 5.91 Å². The number of halogens is 2. The molecule has 0 heterocycles. The summed E-state index contributed by atoms with van der Waals surface area (Å²) in [6, 6.07) is 7.13. The molecular weight excluding hydrogens is 314 g/mol. The Morgan fingerprint density at radius 1 is 1.04 bits per heavy atom. The molecule has 0 saturated carbocycles. The molecule has 0 fully saturated rings. The van der Waals surface area contributed by atoms with Crippen LogP contribution in [0.1, 0.15) is 27.0 Å². The van der Waals surface area contributed by atoms with Crippen molar-refractivity contribution in [2.75, 3.05) is 0 Å². The highest BCUT2D eigenvalue weighted by atomic mass is 19.1. The molecule has 2 amide bonds. The van der Waals surface area contributed by atoms with E-state index >= 15 is 0 Å². The van der Waals surface area contributed by atoms with E-state index < -0.39 is 29.5 Å². The maximum Gasteiger partial charge on any atom is 0.252 e. The van der Waals surface area contributed by atoms with Crippen molar-refractivity contribution in [2.45, 2.75) is 26.3 Å². The number of aryl methyl sites for hydroxylation is 2. The molecule has 0 aromatic heterocycles. The van der Waals surface area contributed by atoms with Crippen LogP contribution in [-0.4, -0.2) is 17.9 Å². The first-order valence-corrected chi connectivity index (χ1v) is 7.38. The van der Waals surface area contributed by atoms with Gasteiger partial charge in [0.1, 0.15) is 17.7 Å². The Labute approximate surface area is 138 Å². The summed E-state index contributed by atoms with van der Waals surface area (Å²) in [7, 11) is 0. The molecule has 0 aliphatic heterocycles. The zero-order valence-corrected chi connectivity index (χ0v) is 13.4. The molecule has 0 unspecified atom stereocenters. The van der Waals surface area contributed by atoms with Gasteiger partial charge in [0.25, 0.3) is 5.91 Å². The lowest BCUT2D eigenvalue weighted by atomic mass is 10.0. The first-order chi connectivity index (χ1) is 11.3. The van der Waals surface area contributed by atoms with Crippen LogP contribution in [0.2, 0.25) is 0 Å². The van der Waals surface area contributed by atoms with Crippen LogP contribution < -0.4 is 11.1 Å². The van der Waals surface area contributed by atoms with Gasteiger partial charge < -0.3 is 11.1 Å². The van der Waals surface area contributed by atoms with Crippen molar-refractivity contribution in [1.29, 1.82) is 0 Å². The second kappa shape index (κ2) is 7.21. The fourth-order valence-electron chi connectivity index (χ4n) is 2.32. The number of amides is 2. The van der Waals surface area contributed by atoms with Crippen LogP contribution >= 0.6 is 0 Å². The Morgan fingerprint density at radius 2 is 1.67 bits per heavy atom. The molecule has 0 saturated heterocycles. The quantitative estimate of drug-likeness (QED) is 0.882. The van der Waals surface area contributed by atoms with Crippen molar-refractivity contribution in [3.05, 3.63) is 70.3 Å². The van der Waals surface area contributed by atoms with Crippen LogP contribution in [-0.2, 0) is 11.2 Å². The minimum atomic E-state index is -0.981. The van der Waals surface area contributed by atoms with Crippen molar-refractivity contribution in [1.82, 2.24) is 5.32 Å². The Kier molecular flexibility index (Phi) is 5.28. The van der Waals surface area contributed by atoms with Gasteiger partial charge in [0.05, 0.1) is 0 Å².